The fraction of sp³-hybridized carbons (Fsp3) is 0.444. The number of amides is 1. The molecule has 3 heterocycles. The average molecular weight is 447 g/mol. The Hall–Kier alpha value is -3.15. The summed E-state index contributed by atoms with van der Waals surface area (Å²) in [5, 5.41) is 0. The molecule has 1 amide bonds. The Morgan fingerprint density at radius 1 is 1.03 bits per heavy atom. The molecular weight excluding hydrogens is 412 g/mol. The van der Waals surface area contributed by atoms with Crippen LogP contribution in [0.25, 0.3) is 0 Å². The Morgan fingerprint density at radius 3 is 2.39 bits per heavy atom. The highest BCUT2D eigenvalue weighted by Crippen LogP contribution is 2.36. The lowest BCUT2D eigenvalue weighted by molar-refractivity contribution is 0.134. The smallest absolute Gasteiger partial charge is 0.414 e. The largest absolute Gasteiger partial charge is 0.444 e. The van der Waals surface area contributed by atoms with Crippen LogP contribution in [0.3, 0.4) is 0 Å². The summed E-state index contributed by atoms with van der Waals surface area (Å²) in [6.07, 6.45) is 3.99. The van der Waals surface area contributed by atoms with Gasteiger partial charge in [0.1, 0.15) is 12.4 Å². The van der Waals surface area contributed by atoms with E-state index in [1.165, 1.54) is 17.2 Å². The van der Waals surface area contributed by atoms with Gasteiger partial charge in [-0.1, -0.05) is 18.2 Å². The second kappa shape index (κ2) is 9.00. The third-order valence-electron chi connectivity index (χ3n) is 7.29. The number of aryl methyl sites for hydroxylation is 1. The van der Waals surface area contributed by atoms with Crippen molar-refractivity contribution in [1.82, 2.24) is 4.90 Å². The van der Waals surface area contributed by atoms with E-state index in [4.69, 9.17) is 4.74 Å². The number of anilines is 3. The molecule has 6 nitrogen and oxygen atoms in total. The molecule has 174 valence electrons. The van der Waals surface area contributed by atoms with E-state index in [1.807, 2.05) is 11.0 Å². The molecule has 3 aliphatic rings. The average Bonchev–Trinajstić information content (AvgIpc) is 2.81. The number of rotatable bonds is 6. The number of likely N-dealkylation sites (tertiary alicyclic amines) is 1. The molecule has 33 heavy (non-hydrogen) atoms. The molecule has 0 aliphatic carbocycles. The minimum absolute atomic E-state index is 0.177. The number of carbonyl (C=O) groups is 1. The number of para-hydroxylation sites is 1. The Bertz CT molecular complexity index is 1040. The highest BCUT2D eigenvalue weighted by atomic mass is 16.6. The lowest BCUT2D eigenvalue weighted by Crippen LogP contribution is -2.52. The van der Waals surface area contributed by atoms with Crippen molar-refractivity contribution in [2.45, 2.75) is 46.3 Å². The van der Waals surface area contributed by atoms with Gasteiger partial charge in [-0.3, -0.25) is 4.90 Å². The quantitative estimate of drug-likeness (QED) is 0.616. The molecule has 3 aliphatic heterocycles. The van der Waals surface area contributed by atoms with Gasteiger partial charge in [0.25, 0.3) is 0 Å². The zero-order chi connectivity index (χ0) is 22.9. The van der Waals surface area contributed by atoms with Crippen molar-refractivity contribution in [3.8, 4) is 0 Å². The first-order valence-corrected chi connectivity index (χ1v) is 12.2. The molecule has 0 spiro atoms. The molecule has 0 saturated carbocycles. The maximum Gasteiger partial charge on any atom is 0.414 e. The van der Waals surface area contributed by atoms with Crippen LogP contribution in [0, 0.1) is 6.92 Å². The number of hydrogen-bond donors (Lipinski definition) is 0. The highest BCUT2D eigenvalue weighted by molar-refractivity contribution is 5.92. The van der Waals surface area contributed by atoms with Crippen LogP contribution in [-0.2, 0) is 11.3 Å². The summed E-state index contributed by atoms with van der Waals surface area (Å²) in [5.41, 5.74) is 5.84. The first-order chi connectivity index (χ1) is 16.1. The van der Waals surface area contributed by atoms with Gasteiger partial charge >= 0.3 is 6.09 Å². The summed E-state index contributed by atoms with van der Waals surface area (Å²) in [7, 11) is 0. The van der Waals surface area contributed by atoms with Gasteiger partial charge < -0.3 is 19.4 Å². The Labute approximate surface area is 197 Å². The molecule has 0 bridgehead atoms. The summed E-state index contributed by atoms with van der Waals surface area (Å²) in [6, 6.07) is 15.3. The summed E-state index contributed by atoms with van der Waals surface area (Å²) in [4.78, 5) is 21.9. The van der Waals surface area contributed by atoms with Crippen LogP contribution in [0.2, 0.25) is 0 Å². The van der Waals surface area contributed by atoms with Crippen LogP contribution < -0.4 is 14.7 Å². The van der Waals surface area contributed by atoms with Crippen molar-refractivity contribution >= 4 is 23.2 Å². The molecule has 0 aromatic heterocycles. The van der Waals surface area contributed by atoms with Crippen molar-refractivity contribution in [3.63, 3.8) is 0 Å². The summed E-state index contributed by atoms with van der Waals surface area (Å²) >= 11 is 0. The molecule has 5 rings (SSSR count). The standard InChI is InChI=1S/C27H34N4O2/c1-4-28(5-2)22-9-11-23(12-10-22)30-18-15-25(30)29-16-13-24(14-17-29)31-26-20(3)7-6-8-21(26)19-33-27(31)32/h6-12,15,24H,4-5,13-14,16-19H2,1-3H3. The van der Waals surface area contributed by atoms with Crippen LogP contribution in [0.1, 0.15) is 37.8 Å². The van der Waals surface area contributed by atoms with Gasteiger partial charge in [-0.25, -0.2) is 4.79 Å². The second-order valence-corrected chi connectivity index (χ2v) is 9.09. The normalized spacial score (nSPS) is 18.5. The van der Waals surface area contributed by atoms with Crippen LogP contribution in [-0.4, -0.2) is 49.8 Å². The molecule has 2 aromatic rings. The molecule has 0 unspecified atom stereocenters. The van der Waals surface area contributed by atoms with Gasteiger partial charge in [0.2, 0.25) is 0 Å². The maximum absolute atomic E-state index is 12.7. The summed E-state index contributed by atoms with van der Waals surface area (Å²) < 4.78 is 5.50. The number of carbonyl (C=O) groups excluding carboxylic acids is 1. The van der Waals surface area contributed by atoms with Crippen molar-refractivity contribution in [2.24, 2.45) is 0 Å². The van der Waals surface area contributed by atoms with Gasteiger partial charge in [0.15, 0.2) is 0 Å². The molecule has 1 saturated heterocycles. The van der Waals surface area contributed by atoms with Gasteiger partial charge in [-0.05, 0) is 69.5 Å². The molecule has 2 aromatic carbocycles. The van der Waals surface area contributed by atoms with E-state index in [0.29, 0.717) is 6.61 Å². The molecule has 6 heteroatoms. The summed E-state index contributed by atoms with van der Waals surface area (Å²) in [6.45, 7) is 11.7. The van der Waals surface area contributed by atoms with Gasteiger partial charge in [-0.2, -0.15) is 0 Å². The summed E-state index contributed by atoms with van der Waals surface area (Å²) in [5.74, 6) is 1.29. The fourth-order valence-corrected chi connectivity index (χ4v) is 5.40. The van der Waals surface area contributed by atoms with Crippen LogP contribution in [0.5, 0.6) is 0 Å². The Kier molecular flexibility index (Phi) is 5.92. The van der Waals surface area contributed by atoms with Crippen LogP contribution >= 0.6 is 0 Å². The zero-order valence-electron chi connectivity index (χ0n) is 20.0. The predicted molar refractivity (Wildman–Crippen MR) is 134 cm³/mol. The van der Waals surface area contributed by atoms with Crippen molar-refractivity contribution < 1.29 is 9.53 Å². The van der Waals surface area contributed by atoms with E-state index in [0.717, 1.165) is 62.4 Å². The number of ether oxygens (including phenoxy) is 1. The SMILES string of the molecule is CCN(CC)c1ccc(N2CC=C2N2CCC(N3C(=O)OCc4cccc(C)c43)CC2)cc1. The van der Waals surface area contributed by atoms with Gasteiger partial charge in [0.05, 0.1) is 5.69 Å². The number of fused-ring (bicyclic) bond motifs is 1. The highest BCUT2D eigenvalue weighted by Gasteiger charge is 2.36. The molecule has 0 radical (unpaired) electrons. The van der Waals surface area contributed by atoms with Crippen molar-refractivity contribution in [3.05, 3.63) is 65.5 Å². The number of piperidine rings is 1. The second-order valence-electron chi connectivity index (χ2n) is 9.09. The van der Waals surface area contributed by atoms with E-state index in [2.05, 4.69) is 77.9 Å². The maximum atomic E-state index is 12.7. The minimum atomic E-state index is -0.201. The third-order valence-corrected chi connectivity index (χ3v) is 7.29. The van der Waals surface area contributed by atoms with Crippen LogP contribution in [0.4, 0.5) is 21.9 Å². The monoisotopic (exact) mass is 446 g/mol. The first-order valence-electron chi connectivity index (χ1n) is 12.2. The molecule has 0 atom stereocenters. The fourth-order valence-electron chi connectivity index (χ4n) is 5.40. The number of cyclic esters (lactones) is 1. The van der Waals surface area contributed by atoms with Crippen molar-refractivity contribution in [1.29, 1.82) is 0 Å². The van der Waals surface area contributed by atoms with Gasteiger partial charge in [0, 0.05) is 55.7 Å². The number of benzene rings is 2. The molecule has 0 N–H and O–H groups in total. The lowest BCUT2D eigenvalue weighted by atomic mass is 9.98. The molecular formula is C27H34N4O2. The lowest BCUT2D eigenvalue weighted by Gasteiger charge is -2.46. The van der Waals surface area contributed by atoms with E-state index < -0.39 is 0 Å². The minimum Gasteiger partial charge on any atom is -0.444 e. The van der Waals surface area contributed by atoms with E-state index in [1.54, 1.807) is 0 Å². The third kappa shape index (κ3) is 3.92. The first kappa shape index (κ1) is 21.7. The number of hydrogen-bond acceptors (Lipinski definition) is 5. The van der Waals surface area contributed by atoms with Crippen LogP contribution in [0.15, 0.2) is 54.4 Å². The van der Waals surface area contributed by atoms with Crippen molar-refractivity contribution in [2.75, 3.05) is 47.4 Å². The zero-order valence-corrected chi connectivity index (χ0v) is 20.0. The number of nitrogens with zero attached hydrogens (tertiary/aromatic N) is 4. The Balaban J connectivity index is 1.25. The van der Waals surface area contributed by atoms with Gasteiger partial charge in [-0.15, -0.1) is 0 Å². The topological polar surface area (TPSA) is 39.3 Å². The predicted octanol–water partition coefficient (Wildman–Crippen LogP) is 5.12. The van der Waals surface area contributed by atoms with E-state index in [9.17, 15) is 4.79 Å². The molecule has 1 fully saturated rings. The Morgan fingerprint density at radius 2 is 1.76 bits per heavy atom. The van der Waals surface area contributed by atoms with E-state index in [-0.39, 0.29) is 12.1 Å². The van der Waals surface area contributed by atoms with E-state index >= 15 is 0 Å².